The summed E-state index contributed by atoms with van der Waals surface area (Å²) < 4.78 is 37.6. The molecule has 0 aromatic heterocycles. The summed E-state index contributed by atoms with van der Waals surface area (Å²) in [6, 6.07) is 1.40. The number of Topliss-reactive ketones (excluding diaryl/α,β-unsaturated/α-hetero) is 1. The van der Waals surface area contributed by atoms with Crippen LogP contribution in [0.15, 0.2) is 23.1 Å². The first-order valence-corrected chi connectivity index (χ1v) is 7.03. The van der Waals surface area contributed by atoms with Crippen molar-refractivity contribution < 1.29 is 18.0 Å². The monoisotopic (exact) mass is 328 g/mol. The minimum atomic E-state index is -4.56. The van der Waals surface area contributed by atoms with E-state index >= 15 is 0 Å². The number of rotatable bonds is 3. The first kappa shape index (κ1) is 16.4. The van der Waals surface area contributed by atoms with E-state index in [2.05, 4.69) is 0 Å². The molecule has 0 spiro atoms. The quantitative estimate of drug-likeness (QED) is 0.541. The lowest BCUT2D eigenvalue weighted by Gasteiger charge is -2.11. The lowest BCUT2D eigenvalue weighted by molar-refractivity contribution is -0.137. The Morgan fingerprint density at radius 3 is 2.11 bits per heavy atom. The molecular formula is C12H9Cl2F3OS. The zero-order valence-corrected chi connectivity index (χ0v) is 12.3. The molecule has 0 bridgehead atoms. The van der Waals surface area contributed by atoms with E-state index in [1.807, 2.05) is 0 Å². The zero-order chi connectivity index (χ0) is 14.8. The van der Waals surface area contributed by atoms with Crippen molar-refractivity contribution in [1.82, 2.24) is 0 Å². The van der Waals surface area contributed by atoms with Crippen LogP contribution in [0.5, 0.6) is 0 Å². The highest BCUT2D eigenvalue weighted by atomic mass is 35.5. The first-order chi connectivity index (χ1) is 8.68. The van der Waals surface area contributed by atoms with E-state index in [9.17, 15) is 18.0 Å². The zero-order valence-electron chi connectivity index (χ0n) is 9.94. The first-order valence-electron chi connectivity index (χ1n) is 4.99. The number of thioether (sulfide) groups is 1. The molecule has 0 radical (unpaired) electrons. The number of carbonyl (C=O) groups excluding carboxylic acids is 1. The third kappa shape index (κ3) is 3.91. The third-order valence-corrected chi connectivity index (χ3v) is 3.43. The Hall–Kier alpha value is -0.650. The van der Waals surface area contributed by atoms with Crippen LogP contribution in [-0.4, -0.2) is 12.0 Å². The maximum absolute atomic E-state index is 12.5. The molecule has 7 heteroatoms. The topological polar surface area (TPSA) is 17.1 Å². The van der Waals surface area contributed by atoms with Crippen LogP contribution >= 0.6 is 35.0 Å². The maximum atomic E-state index is 12.5. The fraction of sp³-hybridized carbons (Fsp3) is 0.250. The fourth-order valence-corrected chi connectivity index (χ4v) is 2.50. The van der Waals surface area contributed by atoms with E-state index < -0.39 is 17.5 Å². The van der Waals surface area contributed by atoms with Gasteiger partial charge in [-0.2, -0.15) is 13.2 Å². The van der Waals surface area contributed by atoms with Crippen LogP contribution in [0.3, 0.4) is 0 Å². The summed E-state index contributed by atoms with van der Waals surface area (Å²) in [6.07, 6.45) is -2.80. The minimum absolute atomic E-state index is 0.112. The highest BCUT2D eigenvalue weighted by Gasteiger charge is 2.32. The lowest BCUT2D eigenvalue weighted by Crippen LogP contribution is -2.08. The van der Waals surface area contributed by atoms with Gasteiger partial charge < -0.3 is 0 Å². The number of halogens is 5. The van der Waals surface area contributed by atoms with Crippen molar-refractivity contribution in [2.45, 2.75) is 13.1 Å². The largest absolute Gasteiger partial charge is 0.416 e. The summed E-state index contributed by atoms with van der Waals surface area (Å²) in [6.45, 7) is 1.54. The molecule has 19 heavy (non-hydrogen) atoms. The summed E-state index contributed by atoms with van der Waals surface area (Å²) in [5, 5.41) is 0.962. The lowest BCUT2D eigenvalue weighted by atomic mass is 10.0. The van der Waals surface area contributed by atoms with Crippen molar-refractivity contribution in [1.29, 1.82) is 0 Å². The SMILES string of the molecule is CSC=C(C)C(=O)c1c(Cl)cc(C(F)(F)F)cc1Cl. The van der Waals surface area contributed by atoms with Gasteiger partial charge in [0.05, 0.1) is 21.2 Å². The van der Waals surface area contributed by atoms with Gasteiger partial charge in [-0.05, 0) is 30.7 Å². The minimum Gasteiger partial charge on any atom is -0.289 e. The maximum Gasteiger partial charge on any atom is 0.416 e. The summed E-state index contributed by atoms with van der Waals surface area (Å²) >= 11 is 12.8. The van der Waals surface area contributed by atoms with E-state index in [0.717, 1.165) is 0 Å². The number of alkyl halides is 3. The van der Waals surface area contributed by atoms with E-state index in [4.69, 9.17) is 23.2 Å². The summed E-state index contributed by atoms with van der Waals surface area (Å²) in [5.41, 5.74) is -0.735. The number of benzene rings is 1. The molecule has 0 amide bonds. The smallest absolute Gasteiger partial charge is 0.289 e. The Labute approximate surface area is 122 Å². The second-order valence-corrected chi connectivity index (χ2v) is 5.20. The van der Waals surface area contributed by atoms with Crippen molar-refractivity contribution in [3.8, 4) is 0 Å². The summed E-state index contributed by atoms with van der Waals surface area (Å²) in [7, 11) is 0. The molecular weight excluding hydrogens is 320 g/mol. The molecule has 0 saturated heterocycles. The normalized spacial score (nSPS) is 12.7. The van der Waals surface area contributed by atoms with Crippen LogP contribution in [0.25, 0.3) is 0 Å². The molecule has 1 aromatic carbocycles. The Morgan fingerprint density at radius 1 is 1.26 bits per heavy atom. The van der Waals surface area contributed by atoms with E-state index in [-0.39, 0.29) is 15.6 Å². The van der Waals surface area contributed by atoms with Gasteiger partial charge in [0, 0.05) is 5.57 Å². The molecule has 0 fully saturated rings. The Kier molecular flexibility index (Phi) is 5.35. The number of hydrogen-bond donors (Lipinski definition) is 0. The molecule has 1 aromatic rings. The van der Waals surface area contributed by atoms with E-state index in [1.165, 1.54) is 11.8 Å². The van der Waals surface area contributed by atoms with Crippen molar-refractivity contribution in [2.75, 3.05) is 6.26 Å². The number of allylic oxidation sites excluding steroid dienone is 1. The highest BCUT2D eigenvalue weighted by molar-refractivity contribution is 8.01. The van der Waals surface area contributed by atoms with Crippen LogP contribution in [-0.2, 0) is 6.18 Å². The van der Waals surface area contributed by atoms with Crippen molar-refractivity contribution >= 4 is 40.7 Å². The fourth-order valence-electron chi connectivity index (χ4n) is 1.38. The van der Waals surface area contributed by atoms with Gasteiger partial charge in [0.25, 0.3) is 0 Å². The predicted molar refractivity (Wildman–Crippen MR) is 73.1 cm³/mol. The second kappa shape index (κ2) is 6.20. The van der Waals surface area contributed by atoms with Crippen LogP contribution in [0.4, 0.5) is 13.2 Å². The molecule has 0 atom stereocenters. The van der Waals surface area contributed by atoms with E-state index in [0.29, 0.717) is 17.7 Å². The van der Waals surface area contributed by atoms with Gasteiger partial charge in [0.15, 0.2) is 5.78 Å². The molecule has 0 unspecified atom stereocenters. The second-order valence-electron chi connectivity index (χ2n) is 3.68. The van der Waals surface area contributed by atoms with Crippen LogP contribution in [0.1, 0.15) is 22.8 Å². The summed E-state index contributed by atoms with van der Waals surface area (Å²) in [5.74, 6) is -0.488. The van der Waals surface area contributed by atoms with Crippen molar-refractivity contribution in [3.63, 3.8) is 0 Å². The number of hydrogen-bond acceptors (Lipinski definition) is 2. The van der Waals surface area contributed by atoms with Crippen LogP contribution in [0, 0.1) is 0 Å². The predicted octanol–water partition coefficient (Wildman–Crippen LogP) is 5.46. The standard InChI is InChI=1S/C12H9Cl2F3OS/c1-6(5-19-2)11(18)10-8(13)3-7(4-9(10)14)12(15,16)17/h3-5H,1-2H3. The molecule has 104 valence electrons. The van der Waals surface area contributed by atoms with Crippen LogP contribution in [0.2, 0.25) is 10.0 Å². The average Bonchev–Trinajstić information content (AvgIpc) is 2.26. The number of ketones is 1. The van der Waals surface area contributed by atoms with Crippen molar-refractivity contribution in [2.24, 2.45) is 0 Å². The third-order valence-electron chi connectivity index (χ3n) is 2.25. The Bertz CT molecular complexity index is 515. The van der Waals surface area contributed by atoms with Gasteiger partial charge in [-0.1, -0.05) is 23.2 Å². The van der Waals surface area contributed by atoms with Gasteiger partial charge in [0.2, 0.25) is 0 Å². The molecule has 0 aliphatic rings. The van der Waals surface area contributed by atoms with E-state index in [1.54, 1.807) is 18.6 Å². The van der Waals surface area contributed by atoms with Gasteiger partial charge in [-0.25, -0.2) is 0 Å². The molecule has 1 nitrogen and oxygen atoms in total. The molecule has 0 N–H and O–H groups in total. The molecule has 0 saturated carbocycles. The van der Waals surface area contributed by atoms with Crippen LogP contribution < -0.4 is 0 Å². The molecule has 1 rings (SSSR count). The molecule has 0 aliphatic carbocycles. The van der Waals surface area contributed by atoms with Gasteiger partial charge in [-0.3, -0.25) is 4.79 Å². The van der Waals surface area contributed by atoms with Gasteiger partial charge in [0.1, 0.15) is 0 Å². The average molecular weight is 329 g/mol. The van der Waals surface area contributed by atoms with Gasteiger partial charge in [-0.15, -0.1) is 11.8 Å². The molecule has 0 aliphatic heterocycles. The highest BCUT2D eigenvalue weighted by Crippen LogP contribution is 2.36. The van der Waals surface area contributed by atoms with Gasteiger partial charge >= 0.3 is 6.18 Å². The number of carbonyl (C=O) groups is 1. The Balaban J connectivity index is 3.33. The molecule has 0 heterocycles. The Morgan fingerprint density at radius 2 is 1.74 bits per heavy atom. The summed E-state index contributed by atoms with van der Waals surface area (Å²) in [4.78, 5) is 12.0. The van der Waals surface area contributed by atoms with Crippen molar-refractivity contribution in [3.05, 3.63) is 44.3 Å².